The largest absolute Gasteiger partial charge is 0.486 e. The molecule has 1 heterocycles. The van der Waals surface area contributed by atoms with E-state index in [9.17, 15) is 9.18 Å². The van der Waals surface area contributed by atoms with Gasteiger partial charge in [0.15, 0.2) is 0 Å². The number of anilines is 1. The van der Waals surface area contributed by atoms with Crippen molar-refractivity contribution in [2.45, 2.75) is 26.0 Å². The normalized spacial score (nSPS) is 16.4. The molecule has 0 saturated heterocycles. The fraction of sp³-hybridized carbons (Fsp3) is 0.278. The van der Waals surface area contributed by atoms with Crippen LogP contribution in [-0.2, 0) is 6.54 Å². The first-order valence-corrected chi connectivity index (χ1v) is 7.73. The molecule has 4 nitrogen and oxygen atoms in total. The standard InChI is InChI=1S/C18H19FN2O2/c1-2-15-12-21(16-5-3-4-6-17(16)23-15)18(22)20-11-13-7-9-14(19)10-8-13/h3-10,15H,2,11-12H2,1H3,(H,20,22)/t15-/m1/s1. The minimum atomic E-state index is -0.284. The van der Waals surface area contributed by atoms with Gasteiger partial charge in [0, 0.05) is 6.54 Å². The number of carbonyl (C=O) groups excluding carboxylic acids is 1. The Labute approximate surface area is 134 Å². The van der Waals surface area contributed by atoms with E-state index in [1.54, 1.807) is 17.0 Å². The summed E-state index contributed by atoms with van der Waals surface area (Å²) >= 11 is 0. The monoisotopic (exact) mass is 314 g/mol. The minimum absolute atomic E-state index is 0.0125. The van der Waals surface area contributed by atoms with Crippen molar-refractivity contribution in [3.8, 4) is 5.75 Å². The van der Waals surface area contributed by atoms with Crippen molar-refractivity contribution in [3.63, 3.8) is 0 Å². The summed E-state index contributed by atoms with van der Waals surface area (Å²) in [5, 5.41) is 2.88. The number of ether oxygens (including phenoxy) is 1. The first kappa shape index (κ1) is 15.3. The highest BCUT2D eigenvalue weighted by Crippen LogP contribution is 2.33. The zero-order valence-corrected chi connectivity index (χ0v) is 13.0. The fourth-order valence-corrected chi connectivity index (χ4v) is 2.58. The minimum Gasteiger partial charge on any atom is -0.486 e. The number of hydrogen-bond acceptors (Lipinski definition) is 2. The third-order valence-corrected chi connectivity index (χ3v) is 3.89. The number of amides is 2. The van der Waals surface area contributed by atoms with Gasteiger partial charge in [-0.3, -0.25) is 4.90 Å². The number of fused-ring (bicyclic) bond motifs is 1. The topological polar surface area (TPSA) is 41.6 Å². The Morgan fingerprint density at radius 1 is 1.26 bits per heavy atom. The summed E-state index contributed by atoms with van der Waals surface area (Å²) < 4.78 is 18.8. The lowest BCUT2D eigenvalue weighted by Crippen LogP contribution is -2.47. The molecule has 2 aromatic rings. The number of halogens is 1. The summed E-state index contributed by atoms with van der Waals surface area (Å²) in [5.41, 5.74) is 1.63. The smallest absolute Gasteiger partial charge is 0.322 e. The van der Waals surface area contributed by atoms with E-state index in [1.165, 1.54) is 12.1 Å². The van der Waals surface area contributed by atoms with Crippen LogP contribution in [0.2, 0.25) is 0 Å². The number of benzene rings is 2. The highest BCUT2D eigenvalue weighted by atomic mass is 19.1. The van der Waals surface area contributed by atoms with Crippen LogP contribution in [0.3, 0.4) is 0 Å². The molecule has 0 aromatic heterocycles. The van der Waals surface area contributed by atoms with Gasteiger partial charge >= 0.3 is 6.03 Å². The van der Waals surface area contributed by atoms with E-state index in [0.29, 0.717) is 13.1 Å². The van der Waals surface area contributed by atoms with Crippen LogP contribution in [-0.4, -0.2) is 18.7 Å². The molecule has 0 radical (unpaired) electrons. The molecule has 120 valence electrons. The van der Waals surface area contributed by atoms with Gasteiger partial charge in [-0.1, -0.05) is 31.2 Å². The lowest BCUT2D eigenvalue weighted by atomic mass is 10.1. The maximum Gasteiger partial charge on any atom is 0.322 e. The van der Waals surface area contributed by atoms with Crippen LogP contribution < -0.4 is 15.0 Å². The molecule has 0 unspecified atom stereocenters. The number of nitrogens with zero attached hydrogens (tertiary/aromatic N) is 1. The maximum atomic E-state index is 12.9. The van der Waals surface area contributed by atoms with Crippen LogP contribution in [0.25, 0.3) is 0 Å². The molecular formula is C18H19FN2O2. The van der Waals surface area contributed by atoms with Gasteiger partial charge in [0.05, 0.1) is 12.2 Å². The van der Waals surface area contributed by atoms with Crippen LogP contribution in [0.5, 0.6) is 5.75 Å². The van der Waals surface area contributed by atoms with Crippen LogP contribution in [0, 0.1) is 5.82 Å². The highest BCUT2D eigenvalue weighted by Gasteiger charge is 2.28. The van der Waals surface area contributed by atoms with E-state index in [-0.39, 0.29) is 18.0 Å². The Morgan fingerprint density at radius 3 is 2.74 bits per heavy atom. The molecule has 1 aliphatic heterocycles. The second-order valence-electron chi connectivity index (χ2n) is 5.51. The number of urea groups is 1. The molecule has 0 bridgehead atoms. The average molecular weight is 314 g/mol. The summed E-state index contributed by atoms with van der Waals surface area (Å²) in [6, 6.07) is 13.5. The molecule has 3 rings (SSSR count). The van der Waals surface area contributed by atoms with Gasteiger partial charge in [0.1, 0.15) is 17.7 Å². The summed E-state index contributed by atoms with van der Waals surface area (Å²) in [5.74, 6) is 0.440. The first-order valence-electron chi connectivity index (χ1n) is 7.73. The molecule has 1 N–H and O–H groups in total. The Kier molecular flexibility index (Phi) is 4.46. The van der Waals surface area contributed by atoms with Crippen LogP contribution in [0.4, 0.5) is 14.9 Å². The quantitative estimate of drug-likeness (QED) is 0.938. The van der Waals surface area contributed by atoms with Gasteiger partial charge in [0.2, 0.25) is 0 Å². The summed E-state index contributed by atoms with van der Waals surface area (Å²) in [6.45, 7) is 2.91. The summed E-state index contributed by atoms with van der Waals surface area (Å²) in [6.07, 6.45) is 0.817. The Morgan fingerprint density at radius 2 is 2.00 bits per heavy atom. The number of para-hydroxylation sites is 2. The van der Waals surface area contributed by atoms with Crippen LogP contribution >= 0.6 is 0 Å². The second-order valence-corrected chi connectivity index (χ2v) is 5.51. The fourth-order valence-electron chi connectivity index (χ4n) is 2.58. The molecule has 0 spiro atoms. The van der Waals surface area contributed by atoms with Gasteiger partial charge in [-0.25, -0.2) is 9.18 Å². The predicted molar refractivity (Wildman–Crippen MR) is 87.1 cm³/mol. The summed E-state index contributed by atoms with van der Waals surface area (Å²) in [4.78, 5) is 14.3. The van der Waals surface area contributed by atoms with Gasteiger partial charge < -0.3 is 10.1 Å². The van der Waals surface area contributed by atoms with Crippen molar-refractivity contribution in [2.24, 2.45) is 0 Å². The van der Waals surface area contributed by atoms with E-state index < -0.39 is 0 Å². The lowest BCUT2D eigenvalue weighted by Gasteiger charge is -2.34. The van der Waals surface area contributed by atoms with Crippen molar-refractivity contribution >= 4 is 11.7 Å². The number of rotatable bonds is 3. The lowest BCUT2D eigenvalue weighted by molar-refractivity contribution is 0.186. The van der Waals surface area contributed by atoms with Crippen molar-refractivity contribution in [2.75, 3.05) is 11.4 Å². The molecular weight excluding hydrogens is 295 g/mol. The number of nitrogens with one attached hydrogen (secondary N) is 1. The molecule has 2 aromatic carbocycles. The van der Waals surface area contributed by atoms with Crippen LogP contribution in [0.1, 0.15) is 18.9 Å². The van der Waals surface area contributed by atoms with Crippen molar-refractivity contribution in [3.05, 3.63) is 59.9 Å². The van der Waals surface area contributed by atoms with Crippen LogP contribution in [0.15, 0.2) is 48.5 Å². The number of carbonyl (C=O) groups is 1. The van der Waals surface area contributed by atoms with E-state index in [1.807, 2.05) is 31.2 Å². The molecule has 1 atom stereocenters. The van der Waals surface area contributed by atoms with E-state index >= 15 is 0 Å². The van der Waals surface area contributed by atoms with Gasteiger partial charge in [0.25, 0.3) is 0 Å². The molecule has 0 aliphatic carbocycles. The SMILES string of the molecule is CC[C@@H]1CN(C(=O)NCc2ccc(F)cc2)c2ccccc2O1. The molecule has 2 amide bonds. The third-order valence-electron chi connectivity index (χ3n) is 3.89. The third kappa shape index (κ3) is 3.44. The predicted octanol–water partition coefficient (Wildman–Crippen LogP) is 3.71. The molecule has 1 aliphatic rings. The second kappa shape index (κ2) is 6.69. The zero-order chi connectivity index (χ0) is 16.2. The molecule has 0 saturated carbocycles. The number of hydrogen-bond donors (Lipinski definition) is 1. The van der Waals surface area contributed by atoms with E-state index in [2.05, 4.69) is 5.32 Å². The highest BCUT2D eigenvalue weighted by molar-refractivity contribution is 5.94. The molecule has 23 heavy (non-hydrogen) atoms. The Balaban J connectivity index is 1.72. The maximum absolute atomic E-state index is 12.9. The van der Waals surface area contributed by atoms with Crippen molar-refractivity contribution < 1.29 is 13.9 Å². The van der Waals surface area contributed by atoms with Gasteiger partial charge in [-0.2, -0.15) is 0 Å². The van der Waals surface area contributed by atoms with Gasteiger partial charge in [-0.05, 0) is 36.2 Å². The molecule has 5 heteroatoms. The van der Waals surface area contributed by atoms with Crippen molar-refractivity contribution in [1.82, 2.24) is 5.32 Å². The Hall–Kier alpha value is -2.56. The average Bonchev–Trinajstić information content (AvgIpc) is 2.60. The first-order chi connectivity index (χ1) is 11.2. The van der Waals surface area contributed by atoms with Gasteiger partial charge in [-0.15, -0.1) is 0 Å². The zero-order valence-electron chi connectivity index (χ0n) is 13.0. The van der Waals surface area contributed by atoms with Crippen molar-refractivity contribution in [1.29, 1.82) is 0 Å². The summed E-state index contributed by atoms with van der Waals surface area (Å²) in [7, 11) is 0. The molecule has 0 fully saturated rings. The Bertz CT molecular complexity index is 688. The van der Waals surface area contributed by atoms with E-state index in [0.717, 1.165) is 23.4 Å². The van der Waals surface area contributed by atoms with E-state index in [4.69, 9.17) is 4.74 Å².